The fourth-order valence-corrected chi connectivity index (χ4v) is 2.50. The number of nitriles is 1. The number of allylic oxidation sites excluding steroid dienone is 1. The molecule has 1 N–H and O–H groups in total. The van der Waals surface area contributed by atoms with Crippen molar-refractivity contribution in [1.82, 2.24) is 0 Å². The zero-order chi connectivity index (χ0) is 19.1. The fourth-order valence-electron chi connectivity index (χ4n) is 2.22. The largest absolute Gasteiger partial charge is 0.490 e. The normalized spacial score (nSPS) is 10.9. The maximum atomic E-state index is 13.9. The van der Waals surface area contributed by atoms with Gasteiger partial charge in [-0.1, -0.05) is 29.8 Å². The Bertz CT molecular complexity index is 890. The third-order valence-corrected chi connectivity index (χ3v) is 3.55. The van der Waals surface area contributed by atoms with E-state index in [1.54, 1.807) is 19.1 Å². The van der Waals surface area contributed by atoms with Gasteiger partial charge in [-0.3, -0.25) is 0 Å². The molecule has 0 heterocycles. The van der Waals surface area contributed by atoms with Crippen LogP contribution in [-0.2, 0) is 4.79 Å². The van der Waals surface area contributed by atoms with Crippen LogP contribution in [-0.4, -0.2) is 24.3 Å². The van der Waals surface area contributed by atoms with E-state index >= 15 is 0 Å². The molecule has 134 valence electrons. The molecule has 26 heavy (non-hydrogen) atoms. The van der Waals surface area contributed by atoms with Crippen LogP contribution in [0.25, 0.3) is 11.6 Å². The Morgan fingerprint density at radius 1 is 1.35 bits per heavy atom. The number of carbonyl (C=O) groups is 1. The van der Waals surface area contributed by atoms with Crippen LogP contribution in [0.4, 0.5) is 4.39 Å². The number of carboxylic acid groups (broad SMARTS) is 1. The Morgan fingerprint density at radius 3 is 2.69 bits per heavy atom. The summed E-state index contributed by atoms with van der Waals surface area (Å²) in [6.07, 6.45) is 1.47. The summed E-state index contributed by atoms with van der Waals surface area (Å²) < 4.78 is 24.5. The zero-order valence-corrected chi connectivity index (χ0v) is 14.6. The predicted molar refractivity (Wildman–Crippen MR) is 95.6 cm³/mol. The Labute approximate surface area is 154 Å². The molecule has 0 amide bonds. The lowest BCUT2D eigenvalue weighted by Gasteiger charge is -2.13. The van der Waals surface area contributed by atoms with E-state index in [1.807, 2.05) is 6.07 Å². The van der Waals surface area contributed by atoms with Gasteiger partial charge in [-0.15, -0.1) is 0 Å². The molecule has 2 aromatic rings. The topological polar surface area (TPSA) is 79.5 Å². The summed E-state index contributed by atoms with van der Waals surface area (Å²) in [7, 11) is 0. The minimum absolute atomic E-state index is 0.0949. The Hall–Kier alpha value is -3.04. The summed E-state index contributed by atoms with van der Waals surface area (Å²) in [5, 5.41) is 18.2. The third-order valence-electron chi connectivity index (χ3n) is 3.27. The minimum Gasteiger partial charge on any atom is -0.490 e. The zero-order valence-electron chi connectivity index (χ0n) is 13.8. The number of nitrogens with zero attached hydrogens (tertiary/aromatic N) is 1. The molecule has 0 fully saturated rings. The molecule has 0 aliphatic carbocycles. The molecule has 5 nitrogen and oxygen atoms in total. The van der Waals surface area contributed by atoms with Gasteiger partial charge in [0.05, 0.1) is 23.3 Å². The highest BCUT2D eigenvalue weighted by Gasteiger charge is 2.15. The average Bonchev–Trinajstić information content (AvgIpc) is 2.59. The molecule has 0 saturated heterocycles. The molecule has 0 atom stereocenters. The van der Waals surface area contributed by atoms with Gasteiger partial charge in [0.15, 0.2) is 18.1 Å². The standard InChI is InChI=1S/C19H15ClFNO4/c1-2-25-17-9-12(8-15(20)19(17)26-11-18(23)24)7-13(10-22)14-5-3-4-6-16(14)21/h3-9H,2,11H2,1H3,(H,23,24). The Balaban J connectivity index is 2.48. The second-order valence-electron chi connectivity index (χ2n) is 5.10. The first-order valence-corrected chi connectivity index (χ1v) is 8.01. The third kappa shape index (κ3) is 4.74. The van der Waals surface area contributed by atoms with Gasteiger partial charge in [0.2, 0.25) is 0 Å². The molecule has 0 bridgehead atoms. The van der Waals surface area contributed by atoms with Gasteiger partial charge in [-0.05, 0) is 36.8 Å². The summed E-state index contributed by atoms with van der Waals surface area (Å²) >= 11 is 6.17. The lowest BCUT2D eigenvalue weighted by molar-refractivity contribution is -0.139. The highest BCUT2D eigenvalue weighted by molar-refractivity contribution is 6.32. The first-order valence-electron chi connectivity index (χ1n) is 7.63. The molecule has 0 aliphatic rings. The van der Waals surface area contributed by atoms with Crippen LogP contribution >= 0.6 is 11.6 Å². The number of hydrogen-bond donors (Lipinski definition) is 1. The highest BCUT2D eigenvalue weighted by atomic mass is 35.5. The molecular weight excluding hydrogens is 361 g/mol. The van der Waals surface area contributed by atoms with Crippen LogP contribution in [0, 0.1) is 17.1 Å². The van der Waals surface area contributed by atoms with Crippen LogP contribution in [0.2, 0.25) is 5.02 Å². The van der Waals surface area contributed by atoms with Gasteiger partial charge in [-0.2, -0.15) is 5.26 Å². The molecule has 0 aromatic heterocycles. The number of carboxylic acids is 1. The van der Waals surface area contributed by atoms with E-state index in [2.05, 4.69) is 0 Å². The molecule has 0 spiro atoms. The number of aliphatic carboxylic acids is 1. The summed E-state index contributed by atoms with van der Waals surface area (Å²) in [6, 6.07) is 10.9. The second-order valence-corrected chi connectivity index (χ2v) is 5.50. The summed E-state index contributed by atoms with van der Waals surface area (Å²) in [4.78, 5) is 10.7. The van der Waals surface area contributed by atoms with Crippen molar-refractivity contribution in [3.63, 3.8) is 0 Å². The smallest absolute Gasteiger partial charge is 0.341 e. The van der Waals surface area contributed by atoms with Crippen LogP contribution in [0.15, 0.2) is 36.4 Å². The summed E-state index contributed by atoms with van der Waals surface area (Å²) in [5.74, 6) is -1.34. The van der Waals surface area contributed by atoms with Crippen molar-refractivity contribution in [2.45, 2.75) is 6.92 Å². The Kier molecular flexibility index (Phi) is 6.59. The maximum Gasteiger partial charge on any atom is 0.341 e. The SMILES string of the molecule is CCOc1cc(C=C(C#N)c2ccccc2F)cc(Cl)c1OCC(=O)O. The van der Waals surface area contributed by atoms with E-state index in [0.717, 1.165) is 0 Å². The summed E-state index contributed by atoms with van der Waals surface area (Å²) in [6.45, 7) is 1.47. The second kappa shape index (κ2) is 8.88. The lowest BCUT2D eigenvalue weighted by Crippen LogP contribution is -2.10. The summed E-state index contributed by atoms with van der Waals surface area (Å²) in [5.41, 5.74) is 0.761. The van der Waals surface area contributed by atoms with E-state index in [0.29, 0.717) is 12.2 Å². The fraction of sp³-hybridized carbons (Fsp3) is 0.158. The molecule has 0 aliphatic heterocycles. The number of rotatable bonds is 7. The van der Waals surface area contributed by atoms with Gasteiger partial charge in [0, 0.05) is 5.56 Å². The van der Waals surface area contributed by atoms with Gasteiger partial charge in [0.1, 0.15) is 5.82 Å². The maximum absolute atomic E-state index is 13.9. The van der Waals surface area contributed by atoms with Crippen LogP contribution < -0.4 is 9.47 Å². The van der Waals surface area contributed by atoms with E-state index in [9.17, 15) is 14.4 Å². The first kappa shape index (κ1) is 19.3. The van der Waals surface area contributed by atoms with E-state index in [-0.39, 0.29) is 27.7 Å². The number of ether oxygens (including phenoxy) is 2. The molecule has 2 aromatic carbocycles. The van der Waals surface area contributed by atoms with Crippen molar-refractivity contribution < 1.29 is 23.8 Å². The van der Waals surface area contributed by atoms with Crippen LogP contribution in [0.1, 0.15) is 18.1 Å². The van der Waals surface area contributed by atoms with Crippen molar-refractivity contribution in [3.8, 4) is 17.6 Å². The predicted octanol–water partition coefficient (Wildman–Crippen LogP) is 4.41. The van der Waals surface area contributed by atoms with Gasteiger partial charge in [0.25, 0.3) is 0 Å². The first-order chi connectivity index (χ1) is 12.5. The van der Waals surface area contributed by atoms with E-state index in [1.165, 1.54) is 30.3 Å². The quantitative estimate of drug-likeness (QED) is 0.573. The molecule has 0 saturated carbocycles. The van der Waals surface area contributed by atoms with Crippen LogP contribution in [0.5, 0.6) is 11.5 Å². The van der Waals surface area contributed by atoms with Crippen molar-refractivity contribution in [1.29, 1.82) is 5.26 Å². The Morgan fingerprint density at radius 2 is 2.08 bits per heavy atom. The highest BCUT2D eigenvalue weighted by Crippen LogP contribution is 2.37. The van der Waals surface area contributed by atoms with Crippen molar-refractivity contribution >= 4 is 29.2 Å². The molecular formula is C19H15ClFNO4. The number of hydrogen-bond acceptors (Lipinski definition) is 4. The molecule has 2 rings (SSSR count). The number of benzene rings is 2. The lowest BCUT2D eigenvalue weighted by atomic mass is 10.0. The molecule has 0 radical (unpaired) electrons. The molecule has 7 heteroatoms. The van der Waals surface area contributed by atoms with Gasteiger partial charge >= 0.3 is 5.97 Å². The van der Waals surface area contributed by atoms with E-state index < -0.39 is 18.4 Å². The minimum atomic E-state index is -1.15. The van der Waals surface area contributed by atoms with Gasteiger partial charge < -0.3 is 14.6 Å². The van der Waals surface area contributed by atoms with Crippen molar-refractivity contribution in [2.75, 3.05) is 13.2 Å². The molecule has 0 unspecified atom stereocenters. The van der Waals surface area contributed by atoms with Crippen molar-refractivity contribution in [3.05, 3.63) is 58.4 Å². The van der Waals surface area contributed by atoms with E-state index in [4.69, 9.17) is 26.2 Å². The van der Waals surface area contributed by atoms with Crippen molar-refractivity contribution in [2.24, 2.45) is 0 Å². The monoisotopic (exact) mass is 375 g/mol. The van der Waals surface area contributed by atoms with Gasteiger partial charge in [-0.25, -0.2) is 9.18 Å². The van der Waals surface area contributed by atoms with Crippen LogP contribution in [0.3, 0.4) is 0 Å². The number of halogens is 2. The average molecular weight is 376 g/mol.